The Morgan fingerprint density at radius 1 is 1.33 bits per heavy atom. The highest BCUT2D eigenvalue weighted by atomic mass is 16.1. The summed E-state index contributed by atoms with van der Waals surface area (Å²) in [4.78, 5) is 10.0. The fourth-order valence-corrected chi connectivity index (χ4v) is 0.985. The maximum Gasteiger partial charge on any atom is 0.142 e. The lowest BCUT2D eigenvalue weighted by molar-refractivity contribution is -0.104. The van der Waals surface area contributed by atoms with Crippen molar-refractivity contribution in [2.75, 3.05) is 0 Å². The third-order valence-electron chi connectivity index (χ3n) is 1.76. The van der Waals surface area contributed by atoms with E-state index >= 15 is 0 Å². The first-order valence-electron chi connectivity index (χ1n) is 4.66. The van der Waals surface area contributed by atoms with E-state index in [0.717, 1.165) is 19.1 Å². The van der Waals surface area contributed by atoms with E-state index in [2.05, 4.69) is 19.9 Å². The second-order valence-electron chi connectivity index (χ2n) is 2.77. The molecule has 0 aliphatic carbocycles. The first-order chi connectivity index (χ1) is 5.85. The van der Waals surface area contributed by atoms with Crippen LogP contribution in [-0.4, -0.2) is 6.29 Å². The molecule has 1 heteroatoms. The van der Waals surface area contributed by atoms with Crippen LogP contribution in [-0.2, 0) is 4.79 Å². The summed E-state index contributed by atoms with van der Waals surface area (Å²) in [6.45, 7) is 4.29. The molecule has 0 amide bonds. The summed E-state index contributed by atoms with van der Waals surface area (Å²) in [7, 11) is 0. The van der Waals surface area contributed by atoms with Gasteiger partial charge in [-0.1, -0.05) is 44.4 Å². The highest BCUT2D eigenvalue weighted by Gasteiger charge is 1.86. The van der Waals surface area contributed by atoms with Gasteiger partial charge >= 0.3 is 0 Å². The maximum absolute atomic E-state index is 10.0. The molecule has 0 aromatic carbocycles. The van der Waals surface area contributed by atoms with Crippen LogP contribution in [0.25, 0.3) is 0 Å². The van der Waals surface area contributed by atoms with Gasteiger partial charge in [0, 0.05) is 0 Å². The van der Waals surface area contributed by atoms with Gasteiger partial charge in [-0.15, -0.1) is 0 Å². The predicted molar refractivity (Wildman–Crippen MR) is 53.1 cm³/mol. The van der Waals surface area contributed by atoms with Crippen molar-refractivity contribution in [2.24, 2.45) is 0 Å². The first kappa shape index (κ1) is 11.2. The van der Waals surface area contributed by atoms with Gasteiger partial charge in [-0.05, 0) is 18.9 Å². The summed E-state index contributed by atoms with van der Waals surface area (Å²) in [5, 5.41) is 0. The molecule has 0 radical (unpaired) electrons. The fraction of sp³-hybridized carbons (Fsp3) is 0.545. The Labute approximate surface area is 75.2 Å². The van der Waals surface area contributed by atoms with Gasteiger partial charge < -0.3 is 0 Å². The lowest BCUT2D eigenvalue weighted by atomic mass is 10.1. The van der Waals surface area contributed by atoms with Crippen LogP contribution in [0.15, 0.2) is 23.8 Å². The van der Waals surface area contributed by atoms with Crippen LogP contribution in [0.3, 0.4) is 0 Å². The molecule has 0 fully saturated rings. The number of aldehydes is 1. The molecule has 68 valence electrons. The Balaban J connectivity index is 3.86. The van der Waals surface area contributed by atoms with E-state index in [4.69, 9.17) is 0 Å². The molecule has 0 heterocycles. The Kier molecular flexibility index (Phi) is 7.66. The molecular weight excluding hydrogens is 148 g/mol. The highest BCUT2D eigenvalue weighted by molar-refractivity contribution is 5.65. The van der Waals surface area contributed by atoms with Crippen molar-refractivity contribution in [1.29, 1.82) is 0 Å². The lowest BCUT2D eigenvalue weighted by Gasteiger charge is -1.95. The summed E-state index contributed by atoms with van der Waals surface area (Å²) in [6, 6.07) is 0. The molecule has 0 bridgehead atoms. The summed E-state index contributed by atoms with van der Waals surface area (Å²) in [6.07, 6.45) is 11.1. The molecule has 0 rings (SSSR count). The summed E-state index contributed by atoms with van der Waals surface area (Å²) >= 11 is 0. The third-order valence-corrected chi connectivity index (χ3v) is 1.76. The molecule has 1 nitrogen and oxygen atoms in total. The highest BCUT2D eigenvalue weighted by Crippen LogP contribution is 2.06. The largest absolute Gasteiger partial charge is 0.299 e. The third kappa shape index (κ3) is 5.90. The number of allylic oxidation sites excluding steroid dienone is 4. The lowest BCUT2D eigenvalue weighted by Crippen LogP contribution is -1.76. The zero-order valence-corrected chi connectivity index (χ0v) is 8.05. The Bertz CT molecular complexity index is 166. The van der Waals surface area contributed by atoms with E-state index in [0.29, 0.717) is 0 Å². The van der Waals surface area contributed by atoms with E-state index in [1.165, 1.54) is 18.4 Å². The molecule has 0 unspecified atom stereocenters. The van der Waals surface area contributed by atoms with Crippen LogP contribution >= 0.6 is 0 Å². The molecule has 0 aromatic rings. The van der Waals surface area contributed by atoms with E-state index in [1.54, 1.807) is 6.08 Å². The molecule has 0 saturated heterocycles. The minimum atomic E-state index is 0.823. The molecule has 0 N–H and O–H groups in total. The van der Waals surface area contributed by atoms with Crippen molar-refractivity contribution in [3.8, 4) is 0 Å². The molecule has 12 heavy (non-hydrogen) atoms. The number of carbonyl (C=O) groups excluding carboxylic acids is 1. The molecule has 0 aromatic heterocycles. The Morgan fingerprint density at radius 3 is 2.58 bits per heavy atom. The van der Waals surface area contributed by atoms with Crippen molar-refractivity contribution in [3.05, 3.63) is 23.8 Å². The predicted octanol–water partition coefficient (Wildman–Crippen LogP) is 3.27. The maximum atomic E-state index is 10.0. The number of rotatable bonds is 6. The second-order valence-corrected chi connectivity index (χ2v) is 2.77. The molecule has 0 atom stereocenters. The van der Waals surface area contributed by atoms with E-state index in [-0.39, 0.29) is 0 Å². The van der Waals surface area contributed by atoms with Crippen LogP contribution in [0, 0.1) is 0 Å². The monoisotopic (exact) mass is 166 g/mol. The molecule has 0 spiro atoms. The Hall–Kier alpha value is -0.850. The van der Waals surface area contributed by atoms with Gasteiger partial charge in [0.2, 0.25) is 0 Å². The summed E-state index contributed by atoms with van der Waals surface area (Å²) in [5.74, 6) is 0. The molecular formula is C11H18O. The minimum absolute atomic E-state index is 0.823. The van der Waals surface area contributed by atoms with Crippen LogP contribution in [0.5, 0.6) is 0 Å². The second kappa shape index (κ2) is 8.25. The van der Waals surface area contributed by atoms with Crippen molar-refractivity contribution in [3.63, 3.8) is 0 Å². The number of unbranched alkanes of at least 4 members (excludes halogenated alkanes) is 2. The van der Waals surface area contributed by atoms with E-state index in [1.807, 2.05) is 6.08 Å². The molecule has 0 aliphatic heterocycles. The number of hydrogen-bond donors (Lipinski definition) is 0. The van der Waals surface area contributed by atoms with Crippen LogP contribution in [0.4, 0.5) is 0 Å². The average molecular weight is 166 g/mol. The van der Waals surface area contributed by atoms with E-state index in [9.17, 15) is 4.79 Å². The van der Waals surface area contributed by atoms with Crippen molar-refractivity contribution >= 4 is 6.29 Å². The van der Waals surface area contributed by atoms with Gasteiger partial charge in [0.25, 0.3) is 0 Å². The van der Waals surface area contributed by atoms with Crippen molar-refractivity contribution in [1.82, 2.24) is 0 Å². The zero-order valence-electron chi connectivity index (χ0n) is 8.05. The smallest absolute Gasteiger partial charge is 0.142 e. The average Bonchev–Trinajstić information content (AvgIpc) is 2.11. The summed E-state index contributed by atoms with van der Waals surface area (Å²) < 4.78 is 0. The SMILES string of the molecule is CCCC/C=C(/C=C/C=O)CC. The van der Waals surface area contributed by atoms with Gasteiger partial charge in [-0.3, -0.25) is 4.79 Å². The van der Waals surface area contributed by atoms with Gasteiger partial charge in [-0.25, -0.2) is 0 Å². The fourth-order valence-electron chi connectivity index (χ4n) is 0.985. The van der Waals surface area contributed by atoms with Crippen LogP contribution in [0.1, 0.15) is 39.5 Å². The van der Waals surface area contributed by atoms with Gasteiger partial charge in [0.1, 0.15) is 6.29 Å². The van der Waals surface area contributed by atoms with Crippen molar-refractivity contribution in [2.45, 2.75) is 39.5 Å². The first-order valence-corrected chi connectivity index (χ1v) is 4.66. The Morgan fingerprint density at radius 2 is 2.08 bits per heavy atom. The number of hydrogen-bond acceptors (Lipinski definition) is 1. The zero-order chi connectivity index (χ0) is 9.23. The standard InChI is InChI=1S/C11H18O/c1-3-5-6-8-11(4-2)9-7-10-12/h7-10H,3-6H2,1-2H3/b9-7+,11-8+. The van der Waals surface area contributed by atoms with Crippen LogP contribution in [0.2, 0.25) is 0 Å². The number of carbonyl (C=O) groups is 1. The van der Waals surface area contributed by atoms with Gasteiger partial charge in [-0.2, -0.15) is 0 Å². The van der Waals surface area contributed by atoms with Crippen molar-refractivity contribution < 1.29 is 4.79 Å². The molecule has 0 aliphatic rings. The van der Waals surface area contributed by atoms with Crippen LogP contribution < -0.4 is 0 Å². The quantitative estimate of drug-likeness (QED) is 0.256. The summed E-state index contributed by atoms with van der Waals surface area (Å²) in [5.41, 5.74) is 1.26. The van der Waals surface area contributed by atoms with E-state index < -0.39 is 0 Å². The van der Waals surface area contributed by atoms with Gasteiger partial charge in [0.15, 0.2) is 0 Å². The topological polar surface area (TPSA) is 17.1 Å². The molecule has 0 saturated carbocycles. The normalized spacial score (nSPS) is 12.3. The van der Waals surface area contributed by atoms with Gasteiger partial charge in [0.05, 0.1) is 0 Å². The minimum Gasteiger partial charge on any atom is -0.299 e.